The van der Waals surface area contributed by atoms with Crippen LogP contribution < -0.4 is 0 Å². The van der Waals surface area contributed by atoms with E-state index in [9.17, 15) is 25.2 Å². The highest BCUT2D eigenvalue weighted by Gasteiger charge is 2.65. The van der Waals surface area contributed by atoms with E-state index in [1.165, 1.54) is 0 Å². The van der Waals surface area contributed by atoms with Crippen molar-refractivity contribution >= 4 is 5.78 Å². The zero-order valence-electron chi connectivity index (χ0n) is 22.9. The molecular formula is C30H48O5. The van der Waals surface area contributed by atoms with Crippen molar-refractivity contribution in [2.24, 2.45) is 39.9 Å². The van der Waals surface area contributed by atoms with Crippen LogP contribution in [0.15, 0.2) is 23.3 Å². The van der Waals surface area contributed by atoms with Crippen molar-refractivity contribution in [3.8, 4) is 0 Å². The summed E-state index contributed by atoms with van der Waals surface area (Å²) in [6.07, 6.45) is 8.82. The predicted molar refractivity (Wildman–Crippen MR) is 137 cm³/mol. The summed E-state index contributed by atoms with van der Waals surface area (Å²) in [7, 11) is 0. The van der Waals surface area contributed by atoms with Crippen LogP contribution in [0.25, 0.3) is 0 Å². The Kier molecular flexibility index (Phi) is 6.57. The number of hydrogen-bond donors (Lipinski definition) is 4. The Hall–Kier alpha value is -1.01. The summed E-state index contributed by atoms with van der Waals surface area (Å²) in [4.78, 5) is 13.6. The maximum Gasteiger partial charge on any atom is 0.160 e. The Morgan fingerprint density at radius 3 is 2.31 bits per heavy atom. The van der Waals surface area contributed by atoms with E-state index < -0.39 is 22.7 Å². The van der Waals surface area contributed by atoms with Crippen LogP contribution >= 0.6 is 0 Å². The minimum atomic E-state index is -0.880. The van der Waals surface area contributed by atoms with Crippen molar-refractivity contribution in [1.82, 2.24) is 0 Å². The molecule has 4 rings (SSSR count). The lowest BCUT2D eigenvalue weighted by Gasteiger charge is -2.62. The van der Waals surface area contributed by atoms with Gasteiger partial charge in [0.1, 0.15) is 0 Å². The molecule has 0 saturated heterocycles. The van der Waals surface area contributed by atoms with Crippen molar-refractivity contribution < 1.29 is 25.2 Å². The van der Waals surface area contributed by atoms with Gasteiger partial charge < -0.3 is 20.4 Å². The van der Waals surface area contributed by atoms with Gasteiger partial charge >= 0.3 is 0 Å². The molecule has 0 aromatic carbocycles. The van der Waals surface area contributed by atoms with Gasteiger partial charge in [0.25, 0.3) is 0 Å². The van der Waals surface area contributed by atoms with Gasteiger partial charge in [-0.25, -0.2) is 0 Å². The molecule has 0 unspecified atom stereocenters. The number of allylic oxidation sites excluding steroid dienone is 3. The number of Topliss-reactive ketones (excluding diaryl/α,β-unsaturated/α-hetero) is 1. The van der Waals surface area contributed by atoms with Gasteiger partial charge in [0.2, 0.25) is 0 Å². The van der Waals surface area contributed by atoms with Crippen LogP contribution in [-0.2, 0) is 4.79 Å². The molecule has 0 aromatic heterocycles. The third kappa shape index (κ3) is 4.00. The van der Waals surface area contributed by atoms with Crippen LogP contribution in [0.1, 0.15) is 93.4 Å². The summed E-state index contributed by atoms with van der Waals surface area (Å²) in [5.74, 6) is 0.392. The minimum Gasteiger partial charge on any atom is -0.396 e. The van der Waals surface area contributed by atoms with Crippen LogP contribution in [0.5, 0.6) is 0 Å². The maximum absolute atomic E-state index is 13.6. The Morgan fingerprint density at radius 1 is 1.06 bits per heavy atom. The molecule has 4 fully saturated rings. The third-order valence-electron chi connectivity index (χ3n) is 11.4. The first kappa shape index (κ1) is 27.0. The van der Waals surface area contributed by atoms with Gasteiger partial charge in [-0.1, -0.05) is 32.9 Å². The number of carbonyl (C=O) groups excluding carboxylic acids is 1. The van der Waals surface area contributed by atoms with E-state index in [1.54, 1.807) is 0 Å². The second kappa shape index (κ2) is 8.51. The van der Waals surface area contributed by atoms with Gasteiger partial charge in [-0.2, -0.15) is 0 Å². The van der Waals surface area contributed by atoms with Gasteiger partial charge in [-0.3, -0.25) is 4.79 Å². The number of rotatable bonds is 4. The molecule has 4 aliphatic rings. The van der Waals surface area contributed by atoms with Gasteiger partial charge in [-0.15, -0.1) is 0 Å². The standard InChI is InChI=1S/C30H48O5/c1-18(8-9-20-19(26(2,3)34)10-15-30(20,7)35)25-21(32)16-23-27(4)14-12-24(33)29(6,17-31)22(27)11-13-28(23,25)5/h8-9,19-20,22-24,31,33-35H,10-17H2,1-7H3/b9-8+,25-18-/t19-,20+,22+,23-,24-,27-,28-,29+,30+/m0/s1. The maximum atomic E-state index is 13.6. The van der Waals surface area contributed by atoms with Crippen LogP contribution in [-0.4, -0.2) is 50.1 Å². The fourth-order valence-corrected chi connectivity index (χ4v) is 9.30. The van der Waals surface area contributed by atoms with Crippen LogP contribution in [0, 0.1) is 39.9 Å². The first-order chi connectivity index (χ1) is 16.0. The monoisotopic (exact) mass is 488 g/mol. The summed E-state index contributed by atoms with van der Waals surface area (Å²) in [6, 6.07) is 0. The van der Waals surface area contributed by atoms with Crippen molar-refractivity contribution in [2.75, 3.05) is 6.61 Å². The lowest BCUT2D eigenvalue weighted by atomic mass is 9.43. The van der Waals surface area contributed by atoms with Crippen LogP contribution in [0.2, 0.25) is 0 Å². The number of carbonyl (C=O) groups is 1. The molecule has 0 amide bonds. The molecule has 0 heterocycles. The lowest BCUT2D eigenvalue weighted by molar-refractivity contribution is -0.178. The second-order valence-electron chi connectivity index (χ2n) is 14.0. The van der Waals surface area contributed by atoms with Crippen molar-refractivity contribution in [2.45, 2.75) is 111 Å². The van der Waals surface area contributed by atoms with Gasteiger partial charge in [-0.05, 0) is 95.0 Å². The second-order valence-corrected chi connectivity index (χ2v) is 14.0. The fraction of sp³-hybridized carbons (Fsp3) is 0.833. The minimum absolute atomic E-state index is 0.0278. The molecule has 0 bridgehead atoms. The van der Waals surface area contributed by atoms with Crippen LogP contribution in [0.3, 0.4) is 0 Å². The number of aliphatic hydroxyl groups is 4. The molecule has 5 heteroatoms. The smallest absolute Gasteiger partial charge is 0.160 e. The zero-order chi connectivity index (χ0) is 26.2. The lowest BCUT2D eigenvalue weighted by Crippen LogP contribution is -2.59. The van der Waals surface area contributed by atoms with E-state index in [4.69, 9.17) is 0 Å². The Labute approximate surface area is 211 Å². The van der Waals surface area contributed by atoms with Gasteiger partial charge in [0.15, 0.2) is 5.78 Å². The van der Waals surface area contributed by atoms with Crippen LogP contribution in [0.4, 0.5) is 0 Å². The highest BCUT2D eigenvalue weighted by molar-refractivity contribution is 6.00. The van der Waals surface area contributed by atoms with Crippen molar-refractivity contribution in [3.63, 3.8) is 0 Å². The van der Waals surface area contributed by atoms with E-state index in [1.807, 2.05) is 46.8 Å². The van der Waals surface area contributed by atoms with E-state index in [2.05, 4.69) is 13.8 Å². The summed E-state index contributed by atoms with van der Waals surface area (Å²) in [5.41, 5.74) is -0.724. The fourth-order valence-electron chi connectivity index (χ4n) is 9.30. The molecule has 0 aromatic rings. The first-order valence-electron chi connectivity index (χ1n) is 13.7. The van der Waals surface area contributed by atoms with Gasteiger partial charge in [0.05, 0.1) is 23.9 Å². The summed E-state index contributed by atoms with van der Waals surface area (Å²) in [6.45, 7) is 14.1. The molecule has 4 aliphatic carbocycles. The Bertz CT molecular complexity index is 926. The largest absolute Gasteiger partial charge is 0.396 e. The van der Waals surface area contributed by atoms with E-state index in [0.29, 0.717) is 19.3 Å². The van der Waals surface area contributed by atoms with Crippen molar-refractivity contribution in [1.29, 1.82) is 0 Å². The van der Waals surface area contributed by atoms with E-state index >= 15 is 0 Å². The average Bonchev–Trinajstić information content (AvgIpc) is 3.21. The molecular weight excluding hydrogens is 440 g/mol. The third-order valence-corrected chi connectivity index (χ3v) is 11.4. The molecule has 9 atom stereocenters. The highest BCUT2D eigenvalue weighted by atomic mass is 16.3. The zero-order valence-corrected chi connectivity index (χ0v) is 22.9. The van der Waals surface area contributed by atoms with E-state index in [-0.39, 0.29) is 46.9 Å². The topological polar surface area (TPSA) is 98.0 Å². The number of hydrogen-bond acceptors (Lipinski definition) is 5. The normalized spacial score (nSPS) is 49.9. The average molecular weight is 489 g/mol. The number of aliphatic hydroxyl groups excluding tert-OH is 2. The predicted octanol–water partition coefficient (Wildman–Crippen LogP) is 4.57. The summed E-state index contributed by atoms with van der Waals surface area (Å²) in [5, 5.41) is 42.8. The first-order valence-corrected chi connectivity index (χ1v) is 13.7. The molecule has 198 valence electrons. The Morgan fingerprint density at radius 2 is 1.71 bits per heavy atom. The molecule has 0 spiro atoms. The summed E-state index contributed by atoms with van der Waals surface area (Å²) >= 11 is 0. The summed E-state index contributed by atoms with van der Waals surface area (Å²) < 4.78 is 0. The van der Waals surface area contributed by atoms with Crippen molar-refractivity contribution in [3.05, 3.63) is 23.3 Å². The highest BCUT2D eigenvalue weighted by Crippen LogP contribution is 2.69. The molecule has 0 aliphatic heterocycles. The van der Waals surface area contributed by atoms with E-state index in [0.717, 1.165) is 36.8 Å². The quantitative estimate of drug-likeness (QED) is 0.435. The molecule has 35 heavy (non-hydrogen) atoms. The Balaban J connectivity index is 1.69. The molecule has 4 N–H and O–H groups in total. The number of fused-ring (bicyclic) bond motifs is 3. The number of ketones is 1. The SMILES string of the molecule is CC(/C=C/[C@@H]1[C@@H](C(C)(C)O)CC[C@@]1(C)O)=C1\C(=O)C[C@H]2[C@@]3(C)CC[C@H](O)[C@](C)(CO)[C@@H]3CC[C@]12C. The molecule has 0 radical (unpaired) electrons. The molecule has 4 saturated carbocycles. The van der Waals surface area contributed by atoms with Gasteiger partial charge in [0, 0.05) is 28.7 Å². The molecule has 5 nitrogen and oxygen atoms in total.